The zero-order chi connectivity index (χ0) is 19.0. The summed E-state index contributed by atoms with van der Waals surface area (Å²) >= 11 is 0. The minimum absolute atomic E-state index is 0.211. The van der Waals surface area contributed by atoms with Crippen LogP contribution < -0.4 is 10.2 Å². The normalized spacial score (nSPS) is 21.7. The largest absolute Gasteiger partial charge is 0.322 e. The third kappa shape index (κ3) is 3.05. The second-order valence-corrected chi connectivity index (χ2v) is 7.05. The molecule has 1 aliphatic heterocycles. The molecule has 1 N–H and O–H groups in total. The number of benzene rings is 2. The van der Waals surface area contributed by atoms with Crippen molar-refractivity contribution in [3.05, 3.63) is 71.8 Å². The molecule has 0 aromatic heterocycles. The quantitative estimate of drug-likeness (QED) is 0.669. The van der Waals surface area contributed by atoms with Gasteiger partial charge in [-0.2, -0.15) is 0 Å². The van der Waals surface area contributed by atoms with Crippen LogP contribution in [0.25, 0.3) is 0 Å². The van der Waals surface area contributed by atoms with Gasteiger partial charge in [-0.15, -0.1) is 0 Å². The molecule has 2 aliphatic rings. The van der Waals surface area contributed by atoms with E-state index < -0.39 is 0 Å². The van der Waals surface area contributed by atoms with Crippen molar-refractivity contribution < 1.29 is 14.4 Å². The van der Waals surface area contributed by atoms with Crippen LogP contribution >= 0.6 is 0 Å². The third-order valence-corrected chi connectivity index (χ3v) is 5.24. The fourth-order valence-corrected chi connectivity index (χ4v) is 3.86. The summed E-state index contributed by atoms with van der Waals surface area (Å²) in [5, 5.41) is 2.82. The van der Waals surface area contributed by atoms with E-state index in [1.165, 1.54) is 4.90 Å². The predicted octanol–water partition coefficient (Wildman–Crippen LogP) is 3.78. The van der Waals surface area contributed by atoms with E-state index >= 15 is 0 Å². The number of hydrogen-bond donors (Lipinski definition) is 1. The highest BCUT2D eigenvalue weighted by molar-refractivity contribution is 6.25. The Morgan fingerprint density at radius 2 is 1.63 bits per heavy atom. The molecular weight excluding hydrogens is 340 g/mol. The lowest BCUT2D eigenvalue weighted by Gasteiger charge is -2.19. The van der Waals surface area contributed by atoms with Crippen molar-refractivity contribution in [2.24, 2.45) is 11.8 Å². The fraction of sp³-hybridized carbons (Fsp3) is 0.227. The molecule has 0 saturated carbocycles. The molecule has 0 bridgehead atoms. The van der Waals surface area contributed by atoms with Gasteiger partial charge < -0.3 is 5.32 Å². The van der Waals surface area contributed by atoms with Gasteiger partial charge in [-0.05, 0) is 44.0 Å². The summed E-state index contributed by atoms with van der Waals surface area (Å²) in [6.07, 6.45) is 3.21. The van der Waals surface area contributed by atoms with Crippen LogP contribution in [-0.2, 0) is 9.59 Å². The highest BCUT2D eigenvalue weighted by atomic mass is 16.2. The molecule has 4 rings (SSSR count). The van der Waals surface area contributed by atoms with Crippen molar-refractivity contribution in [2.75, 3.05) is 10.2 Å². The Labute approximate surface area is 157 Å². The summed E-state index contributed by atoms with van der Waals surface area (Å²) < 4.78 is 0. The fourth-order valence-electron chi connectivity index (χ4n) is 3.86. The van der Waals surface area contributed by atoms with E-state index in [1.54, 1.807) is 36.4 Å². The summed E-state index contributed by atoms with van der Waals surface area (Å²) in [5.74, 6) is -1.42. The van der Waals surface area contributed by atoms with Gasteiger partial charge in [0, 0.05) is 5.69 Å². The third-order valence-electron chi connectivity index (χ3n) is 5.24. The number of fused-ring (bicyclic) bond motifs is 1. The number of rotatable bonds is 3. The first-order valence-corrected chi connectivity index (χ1v) is 9.05. The zero-order valence-electron chi connectivity index (χ0n) is 15.0. The van der Waals surface area contributed by atoms with Crippen LogP contribution in [0, 0.1) is 11.8 Å². The number of anilines is 2. The summed E-state index contributed by atoms with van der Waals surface area (Å²) in [4.78, 5) is 39.9. The molecule has 1 heterocycles. The predicted molar refractivity (Wildman–Crippen MR) is 103 cm³/mol. The Morgan fingerprint density at radius 1 is 0.963 bits per heavy atom. The molecule has 1 saturated heterocycles. The van der Waals surface area contributed by atoms with Crippen LogP contribution in [0.5, 0.6) is 0 Å². The monoisotopic (exact) mass is 360 g/mol. The number of para-hydroxylation sites is 2. The molecule has 1 fully saturated rings. The van der Waals surface area contributed by atoms with E-state index in [1.807, 2.05) is 31.2 Å². The molecule has 0 spiro atoms. The number of amides is 3. The van der Waals surface area contributed by atoms with Crippen LogP contribution in [-0.4, -0.2) is 17.7 Å². The van der Waals surface area contributed by atoms with Gasteiger partial charge in [0.25, 0.3) is 5.91 Å². The van der Waals surface area contributed by atoms with Crippen molar-refractivity contribution >= 4 is 29.1 Å². The first-order chi connectivity index (χ1) is 13.1. The maximum absolute atomic E-state index is 13.0. The molecule has 0 radical (unpaired) electrons. The molecule has 5 heteroatoms. The van der Waals surface area contributed by atoms with Crippen molar-refractivity contribution in [2.45, 2.75) is 19.8 Å². The molecule has 3 amide bonds. The standard InChI is InChI=1S/C22H20N2O3/c1-14-11-12-16-18(13-14)22(27)24(21(16)26)19-10-6-5-9-17(19)20(25)23-15-7-3-2-4-8-15/h2-11,16,18H,12-13H2,1H3,(H,23,25)/t16-,18-/m0/s1. The molecule has 5 nitrogen and oxygen atoms in total. The summed E-state index contributed by atoms with van der Waals surface area (Å²) in [7, 11) is 0. The Balaban J connectivity index is 1.66. The number of hydrogen-bond acceptors (Lipinski definition) is 3. The van der Waals surface area contributed by atoms with Crippen LogP contribution in [0.2, 0.25) is 0 Å². The summed E-state index contributed by atoms with van der Waals surface area (Å²) in [6, 6.07) is 15.9. The topological polar surface area (TPSA) is 66.5 Å². The van der Waals surface area contributed by atoms with E-state index in [4.69, 9.17) is 0 Å². The van der Waals surface area contributed by atoms with Gasteiger partial charge >= 0.3 is 0 Å². The van der Waals surface area contributed by atoms with Gasteiger partial charge in [0.2, 0.25) is 11.8 Å². The van der Waals surface area contributed by atoms with Crippen molar-refractivity contribution in [1.82, 2.24) is 0 Å². The number of carbonyl (C=O) groups is 3. The molecule has 2 atom stereocenters. The smallest absolute Gasteiger partial charge is 0.257 e. The van der Waals surface area contributed by atoms with E-state index in [9.17, 15) is 14.4 Å². The first-order valence-electron chi connectivity index (χ1n) is 9.05. The molecule has 2 aromatic carbocycles. The number of nitrogens with zero attached hydrogens (tertiary/aromatic N) is 1. The second-order valence-electron chi connectivity index (χ2n) is 7.05. The maximum Gasteiger partial charge on any atom is 0.257 e. The van der Waals surface area contributed by atoms with E-state index in [-0.39, 0.29) is 29.6 Å². The first kappa shape index (κ1) is 17.2. The zero-order valence-corrected chi connectivity index (χ0v) is 15.0. The van der Waals surface area contributed by atoms with Crippen LogP contribution in [0.3, 0.4) is 0 Å². The van der Waals surface area contributed by atoms with Gasteiger partial charge in [-0.1, -0.05) is 42.0 Å². The lowest BCUT2D eigenvalue weighted by atomic mass is 9.82. The highest BCUT2D eigenvalue weighted by Crippen LogP contribution is 2.40. The number of allylic oxidation sites excluding steroid dienone is 2. The Kier molecular flexibility index (Phi) is 4.36. The average Bonchev–Trinajstić information content (AvgIpc) is 2.92. The highest BCUT2D eigenvalue weighted by Gasteiger charge is 2.49. The summed E-state index contributed by atoms with van der Waals surface area (Å²) in [5.41, 5.74) is 2.46. The van der Waals surface area contributed by atoms with Crippen molar-refractivity contribution in [3.8, 4) is 0 Å². The lowest BCUT2D eigenvalue weighted by molar-refractivity contribution is -0.122. The Morgan fingerprint density at radius 3 is 2.41 bits per heavy atom. The van der Waals surface area contributed by atoms with Gasteiger partial charge in [0.15, 0.2) is 0 Å². The molecule has 0 unspecified atom stereocenters. The Bertz CT molecular complexity index is 949. The molecule has 2 aromatic rings. The van der Waals surface area contributed by atoms with Crippen LogP contribution in [0.4, 0.5) is 11.4 Å². The molecule has 1 aliphatic carbocycles. The SMILES string of the molecule is CC1=CC[C@@H]2C(=O)N(c3ccccc3C(=O)Nc3ccccc3)C(=O)[C@H]2C1. The maximum atomic E-state index is 13.0. The molecular formula is C22H20N2O3. The minimum atomic E-state index is -0.346. The van der Waals surface area contributed by atoms with Crippen LogP contribution in [0.15, 0.2) is 66.2 Å². The Hall–Kier alpha value is -3.21. The minimum Gasteiger partial charge on any atom is -0.322 e. The second kappa shape index (κ2) is 6.83. The van der Waals surface area contributed by atoms with Gasteiger partial charge in [-0.3, -0.25) is 14.4 Å². The van der Waals surface area contributed by atoms with Gasteiger partial charge in [0.1, 0.15) is 0 Å². The van der Waals surface area contributed by atoms with E-state index in [2.05, 4.69) is 5.32 Å². The van der Waals surface area contributed by atoms with E-state index in [0.717, 1.165) is 5.57 Å². The molecule has 136 valence electrons. The van der Waals surface area contributed by atoms with Crippen LogP contribution in [0.1, 0.15) is 30.1 Å². The number of carbonyl (C=O) groups excluding carboxylic acids is 3. The summed E-state index contributed by atoms with van der Waals surface area (Å²) in [6.45, 7) is 1.98. The number of nitrogens with one attached hydrogen (secondary N) is 1. The van der Waals surface area contributed by atoms with Crippen molar-refractivity contribution in [3.63, 3.8) is 0 Å². The van der Waals surface area contributed by atoms with E-state index in [0.29, 0.717) is 29.8 Å². The van der Waals surface area contributed by atoms with Crippen molar-refractivity contribution in [1.29, 1.82) is 0 Å². The van der Waals surface area contributed by atoms with Gasteiger partial charge in [-0.25, -0.2) is 4.90 Å². The lowest BCUT2D eigenvalue weighted by Crippen LogP contribution is -2.33. The average molecular weight is 360 g/mol. The van der Waals surface area contributed by atoms with Gasteiger partial charge in [0.05, 0.1) is 23.1 Å². The molecule has 27 heavy (non-hydrogen) atoms. The number of imide groups is 1.